The Bertz CT molecular complexity index is 882. The molecule has 1 aromatic heterocycles. The minimum Gasteiger partial charge on any atom is -0.478 e. The average Bonchev–Trinajstić information content (AvgIpc) is 3.26. The summed E-state index contributed by atoms with van der Waals surface area (Å²) in [5, 5.41) is 19.5. The quantitative estimate of drug-likeness (QED) is 0.578. The maximum atomic E-state index is 13.4. The predicted molar refractivity (Wildman–Crippen MR) is 115 cm³/mol. The lowest BCUT2D eigenvalue weighted by atomic mass is 10.4. The summed E-state index contributed by atoms with van der Waals surface area (Å²) in [6.45, 7) is 7.70. The molecular weight excluding hydrogens is 412 g/mol. The van der Waals surface area contributed by atoms with E-state index in [0.29, 0.717) is 18.7 Å². The monoisotopic (exact) mass is 438 g/mol. The molecule has 0 radical (unpaired) electrons. The minimum absolute atomic E-state index is 0.558. The molecule has 158 valence electrons. The molecule has 29 heavy (non-hydrogen) atoms. The zero-order valence-electron chi connectivity index (χ0n) is 16.4. The predicted octanol–water partition coefficient (Wildman–Crippen LogP) is 3.69. The molecule has 0 spiro atoms. The van der Waals surface area contributed by atoms with Gasteiger partial charge in [0.15, 0.2) is 0 Å². The first-order valence-corrected chi connectivity index (χ1v) is 11.5. The van der Waals surface area contributed by atoms with Gasteiger partial charge in [-0.25, -0.2) is 18.2 Å². The van der Waals surface area contributed by atoms with E-state index in [-0.39, 0.29) is 0 Å². The number of likely N-dealkylation sites (N-methyl/N-ethyl adjacent to an activating group) is 1. The number of hydrogen-bond donors (Lipinski definition) is 2. The third kappa shape index (κ3) is 8.59. The van der Waals surface area contributed by atoms with Crippen molar-refractivity contribution in [1.29, 1.82) is 0 Å². The SMILES string of the molecule is CCN(CC)CCN=S(=O)(c1ccccc1)c1ccsc1.O=C(O)C=CC(=O)O. The summed E-state index contributed by atoms with van der Waals surface area (Å²) in [5.41, 5.74) is 0. The molecule has 2 N–H and O–H groups in total. The molecule has 0 aliphatic rings. The first-order valence-electron chi connectivity index (χ1n) is 9.00. The lowest BCUT2D eigenvalue weighted by Gasteiger charge is -2.17. The summed E-state index contributed by atoms with van der Waals surface area (Å²) in [5.74, 6) is -2.51. The van der Waals surface area contributed by atoms with Crippen molar-refractivity contribution in [3.63, 3.8) is 0 Å². The number of carbonyl (C=O) groups is 2. The van der Waals surface area contributed by atoms with Crippen molar-refractivity contribution in [2.75, 3.05) is 26.2 Å². The standard InChI is InChI=1S/C16H22N2OS2.C4H4O4/c1-3-18(4-2)12-11-17-21(19,16-10-13-20-14-16)15-8-6-5-7-9-15;5-3(6)1-2-4(7)8/h5-10,13-14H,3-4,11-12H2,1-2H3;1-2H,(H,5,6)(H,7,8). The van der Waals surface area contributed by atoms with Gasteiger partial charge in [0.25, 0.3) is 0 Å². The van der Waals surface area contributed by atoms with Crippen molar-refractivity contribution in [3.05, 3.63) is 59.3 Å². The van der Waals surface area contributed by atoms with E-state index < -0.39 is 21.7 Å². The topological polar surface area (TPSA) is 107 Å². The number of benzene rings is 1. The summed E-state index contributed by atoms with van der Waals surface area (Å²) in [6, 6.07) is 11.5. The van der Waals surface area contributed by atoms with E-state index in [0.717, 1.165) is 29.4 Å². The van der Waals surface area contributed by atoms with Crippen LogP contribution >= 0.6 is 11.3 Å². The van der Waals surface area contributed by atoms with Crippen molar-refractivity contribution in [1.82, 2.24) is 4.90 Å². The molecule has 1 unspecified atom stereocenters. The molecule has 0 saturated heterocycles. The third-order valence-electron chi connectivity index (χ3n) is 3.83. The lowest BCUT2D eigenvalue weighted by Crippen LogP contribution is -2.26. The molecule has 9 heteroatoms. The fraction of sp³-hybridized carbons (Fsp3) is 0.300. The van der Waals surface area contributed by atoms with Gasteiger partial charge in [0.05, 0.1) is 16.3 Å². The van der Waals surface area contributed by atoms with E-state index in [1.54, 1.807) is 11.3 Å². The van der Waals surface area contributed by atoms with E-state index in [1.807, 2.05) is 47.2 Å². The Kier molecular flexibility index (Phi) is 10.9. The molecule has 7 nitrogen and oxygen atoms in total. The summed E-state index contributed by atoms with van der Waals surface area (Å²) in [7, 11) is -2.51. The summed E-state index contributed by atoms with van der Waals surface area (Å²) >= 11 is 1.56. The fourth-order valence-electron chi connectivity index (χ4n) is 2.29. The van der Waals surface area contributed by atoms with Crippen LogP contribution in [0.5, 0.6) is 0 Å². The molecule has 0 amide bonds. The Labute approximate surface area is 175 Å². The van der Waals surface area contributed by atoms with Crippen LogP contribution in [0.4, 0.5) is 0 Å². The van der Waals surface area contributed by atoms with Crippen molar-refractivity contribution < 1.29 is 24.0 Å². The van der Waals surface area contributed by atoms with Crippen LogP contribution in [0.1, 0.15) is 13.8 Å². The number of hydrogen-bond acceptors (Lipinski definition) is 6. The van der Waals surface area contributed by atoms with E-state index in [1.165, 1.54) is 0 Å². The number of rotatable bonds is 9. The van der Waals surface area contributed by atoms with Crippen LogP contribution in [0.3, 0.4) is 0 Å². The third-order valence-corrected chi connectivity index (χ3v) is 7.01. The molecule has 2 rings (SSSR count). The zero-order chi connectivity index (χ0) is 21.7. The van der Waals surface area contributed by atoms with Gasteiger partial charge in [-0.2, -0.15) is 11.3 Å². The summed E-state index contributed by atoms with van der Waals surface area (Å²) in [6.07, 6.45) is 1.12. The zero-order valence-corrected chi connectivity index (χ0v) is 18.1. The second-order valence-electron chi connectivity index (χ2n) is 5.69. The average molecular weight is 439 g/mol. The first-order chi connectivity index (χ1) is 13.8. The van der Waals surface area contributed by atoms with Gasteiger partial charge in [0.1, 0.15) is 9.73 Å². The van der Waals surface area contributed by atoms with Gasteiger partial charge < -0.3 is 15.1 Å². The van der Waals surface area contributed by atoms with Gasteiger partial charge >= 0.3 is 11.9 Å². The molecule has 1 heterocycles. The molecule has 0 aliphatic heterocycles. The molecular formula is C20H26N2O5S2. The van der Waals surface area contributed by atoms with E-state index in [9.17, 15) is 13.8 Å². The largest absolute Gasteiger partial charge is 0.478 e. The molecule has 2 aromatic rings. The van der Waals surface area contributed by atoms with Crippen LogP contribution in [0, 0.1) is 0 Å². The Morgan fingerprint density at radius 2 is 1.62 bits per heavy atom. The maximum Gasteiger partial charge on any atom is 0.328 e. The van der Waals surface area contributed by atoms with Crippen LogP contribution in [0.15, 0.2) is 73.5 Å². The highest BCUT2D eigenvalue weighted by Gasteiger charge is 2.15. The first kappa shape index (κ1) is 24.5. The van der Waals surface area contributed by atoms with Crippen molar-refractivity contribution in [3.8, 4) is 0 Å². The number of carboxylic acid groups (broad SMARTS) is 2. The second-order valence-corrected chi connectivity index (χ2v) is 8.72. The summed E-state index contributed by atoms with van der Waals surface area (Å²) < 4.78 is 18.0. The number of nitrogens with zero attached hydrogens (tertiary/aromatic N) is 2. The van der Waals surface area contributed by atoms with Gasteiger partial charge in [-0.05, 0) is 36.7 Å². The van der Waals surface area contributed by atoms with E-state index in [2.05, 4.69) is 23.1 Å². The Morgan fingerprint density at radius 1 is 1.03 bits per heavy atom. The van der Waals surface area contributed by atoms with Crippen molar-refractivity contribution in [2.24, 2.45) is 4.36 Å². The molecule has 0 fully saturated rings. The molecule has 0 bridgehead atoms. The van der Waals surface area contributed by atoms with Crippen LogP contribution in [0.2, 0.25) is 0 Å². The van der Waals surface area contributed by atoms with Crippen LogP contribution in [-0.4, -0.2) is 57.4 Å². The fourth-order valence-corrected chi connectivity index (χ4v) is 5.27. The Morgan fingerprint density at radius 3 is 2.07 bits per heavy atom. The Balaban J connectivity index is 0.000000447. The molecule has 0 saturated carbocycles. The number of carboxylic acids is 2. The van der Waals surface area contributed by atoms with E-state index in [4.69, 9.17) is 10.2 Å². The number of aliphatic carboxylic acids is 2. The highest BCUT2D eigenvalue weighted by molar-refractivity contribution is 7.93. The molecule has 0 aliphatic carbocycles. The van der Waals surface area contributed by atoms with Gasteiger partial charge in [-0.3, -0.25) is 0 Å². The normalized spacial score (nSPS) is 12.8. The Hall–Kier alpha value is -2.49. The highest BCUT2D eigenvalue weighted by Crippen LogP contribution is 2.25. The summed E-state index contributed by atoms with van der Waals surface area (Å²) in [4.78, 5) is 23.0. The van der Waals surface area contributed by atoms with Gasteiger partial charge in [0.2, 0.25) is 0 Å². The lowest BCUT2D eigenvalue weighted by molar-refractivity contribution is -0.134. The van der Waals surface area contributed by atoms with Crippen molar-refractivity contribution >= 4 is 33.0 Å². The van der Waals surface area contributed by atoms with Crippen molar-refractivity contribution in [2.45, 2.75) is 23.6 Å². The van der Waals surface area contributed by atoms with Gasteiger partial charge in [0, 0.05) is 24.1 Å². The number of thiophene rings is 1. The van der Waals surface area contributed by atoms with Gasteiger partial charge in [-0.1, -0.05) is 32.0 Å². The van der Waals surface area contributed by atoms with E-state index >= 15 is 0 Å². The maximum absolute atomic E-state index is 13.4. The van der Waals surface area contributed by atoms with Gasteiger partial charge in [-0.15, -0.1) is 0 Å². The molecule has 1 aromatic carbocycles. The van der Waals surface area contributed by atoms with Crippen LogP contribution in [-0.2, 0) is 19.3 Å². The minimum atomic E-state index is -2.51. The smallest absolute Gasteiger partial charge is 0.328 e. The van der Waals surface area contributed by atoms with Crippen LogP contribution in [0.25, 0.3) is 0 Å². The molecule has 1 atom stereocenters. The van der Waals surface area contributed by atoms with Crippen LogP contribution < -0.4 is 0 Å². The highest BCUT2D eigenvalue weighted by atomic mass is 32.2. The second kappa shape index (κ2) is 12.9.